The summed E-state index contributed by atoms with van der Waals surface area (Å²) < 4.78 is 0. The second-order valence-electron chi connectivity index (χ2n) is 6.39. The molecule has 2 N–H and O–H groups in total. The topological polar surface area (TPSA) is 40.5 Å². The predicted molar refractivity (Wildman–Crippen MR) is 96.8 cm³/mol. The Morgan fingerprint density at radius 3 is 1.29 bits per heavy atom. The Labute approximate surface area is 139 Å². The van der Waals surface area contributed by atoms with E-state index in [0.717, 1.165) is 43.8 Å². The first kappa shape index (κ1) is 13.7. The van der Waals surface area contributed by atoms with Gasteiger partial charge in [-0.25, -0.2) is 0 Å². The second kappa shape index (κ2) is 4.91. The van der Waals surface area contributed by atoms with Gasteiger partial charge >= 0.3 is 0 Å². The largest absolute Gasteiger partial charge is 0.385 e. The van der Waals surface area contributed by atoms with E-state index in [9.17, 15) is 10.2 Å². The Kier molecular flexibility index (Phi) is 2.81. The molecule has 0 saturated carbocycles. The maximum absolute atomic E-state index is 10.9. The van der Waals surface area contributed by atoms with Crippen LogP contribution in [0.1, 0.15) is 23.3 Å². The van der Waals surface area contributed by atoms with Crippen molar-refractivity contribution < 1.29 is 10.2 Å². The van der Waals surface area contributed by atoms with Gasteiger partial charge < -0.3 is 10.2 Å². The lowest BCUT2D eigenvalue weighted by Gasteiger charge is -2.26. The van der Waals surface area contributed by atoms with Crippen molar-refractivity contribution in [2.45, 2.75) is 12.2 Å². The van der Waals surface area contributed by atoms with Crippen molar-refractivity contribution in [3.05, 3.63) is 83.9 Å². The molecule has 24 heavy (non-hydrogen) atoms. The van der Waals surface area contributed by atoms with E-state index in [-0.39, 0.29) is 0 Å². The average molecular weight is 312 g/mol. The van der Waals surface area contributed by atoms with Crippen LogP contribution in [0.2, 0.25) is 0 Å². The van der Waals surface area contributed by atoms with Gasteiger partial charge in [-0.2, -0.15) is 0 Å². The van der Waals surface area contributed by atoms with E-state index in [0.29, 0.717) is 0 Å². The standard InChI is InChI=1S/C22H16O2/c23-21-17-11-3-7-13-5-1-9-15(19(13)17)16-10-2-6-14-8-4-12-18(20(14)16)22(21)24/h1-12,21-24H. The van der Waals surface area contributed by atoms with Crippen LogP contribution in [0, 0.1) is 0 Å². The molecule has 5 rings (SSSR count). The van der Waals surface area contributed by atoms with Gasteiger partial charge in [0, 0.05) is 0 Å². The third-order valence-corrected chi connectivity index (χ3v) is 5.10. The molecule has 116 valence electrons. The molecule has 4 aromatic rings. The van der Waals surface area contributed by atoms with Gasteiger partial charge in [0.15, 0.2) is 0 Å². The Hall–Kier alpha value is -2.68. The fourth-order valence-electron chi connectivity index (χ4n) is 4.02. The molecule has 0 bridgehead atoms. The molecule has 0 aromatic heterocycles. The Morgan fingerprint density at radius 1 is 0.500 bits per heavy atom. The summed E-state index contributed by atoms with van der Waals surface area (Å²) in [5, 5.41) is 25.9. The van der Waals surface area contributed by atoms with Crippen LogP contribution in [-0.2, 0) is 0 Å². The molecule has 0 radical (unpaired) electrons. The van der Waals surface area contributed by atoms with Crippen molar-refractivity contribution >= 4 is 21.5 Å². The summed E-state index contributed by atoms with van der Waals surface area (Å²) >= 11 is 0. The van der Waals surface area contributed by atoms with E-state index < -0.39 is 12.2 Å². The summed E-state index contributed by atoms with van der Waals surface area (Å²) in [6, 6.07) is 24.2. The molecule has 2 heteroatoms. The van der Waals surface area contributed by atoms with Crippen LogP contribution in [0.25, 0.3) is 32.7 Å². The number of aliphatic hydroxyl groups is 2. The van der Waals surface area contributed by atoms with Crippen LogP contribution in [0.4, 0.5) is 0 Å². The number of hydrogen-bond acceptors (Lipinski definition) is 2. The van der Waals surface area contributed by atoms with Crippen LogP contribution < -0.4 is 0 Å². The molecule has 2 nitrogen and oxygen atoms in total. The van der Waals surface area contributed by atoms with Crippen molar-refractivity contribution in [1.29, 1.82) is 0 Å². The first-order valence-electron chi connectivity index (χ1n) is 8.15. The normalized spacial score (nSPS) is 19.2. The van der Waals surface area contributed by atoms with E-state index in [1.807, 2.05) is 36.4 Å². The third-order valence-electron chi connectivity index (χ3n) is 5.10. The zero-order chi connectivity index (χ0) is 16.3. The van der Waals surface area contributed by atoms with E-state index in [1.165, 1.54) is 0 Å². The van der Waals surface area contributed by atoms with Crippen molar-refractivity contribution in [3.63, 3.8) is 0 Å². The van der Waals surface area contributed by atoms with E-state index >= 15 is 0 Å². The molecule has 4 aromatic carbocycles. The van der Waals surface area contributed by atoms with Crippen molar-refractivity contribution in [3.8, 4) is 11.1 Å². The highest BCUT2D eigenvalue weighted by atomic mass is 16.3. The molecule has 0 amide bonds. The van der Waals surface area contributed by atoms with Crippen molar-refractivity contribution in [2.75, 3.05) is 0 Å². The fourth-order valence-corrected chi connectivity index (χ4v) is 4.02. The summed E-state index contributed by atoms with van der Waals surface area (Å²) in [5.41, 5.74) is 3.77. The minimum absolute atomic E-state index is 0.780. The highest BCUT2D eigenvalue weighted by Crippen LogP contribution is 2.45. The summed E-state index contributed by atoms with van der Waals surface area (Å²) in [6.45, 7) is 0. The summed E-state index contributed by atoms with van der Waals surface area (Å²) in [5.74, 6) is 0. The van der Waals surface area contributed by atoms with Gasteiger partial charge in [0.1, 0.15) is 12.2 Å². The molecule has 0 fully saturated rings. The maximum Gasteiger partial charge on any atom is 0.110 e. The minimum Gasteiger partial charge on any atom is -0.385 e. The number of benzene rings is 4. The molecular weight excluding hydrogens is 296 g/mol. The van der Waals surface area contributed by atoms with E-state index in [4.69, 9.17) is 0 Å². The molecule has 0 saturated heterocycles. The highest BCUT2D eigenvalue weighted by molar-refractivity contribution is 6.08. The minimum atomic E-state index is -0.950. The summed E-state index contributed by atoms with van der Waals surface area (Å²) in [4.78, 5) is 0. The lowest BCUT2D eigenvalue weighted by atomic mass is 9.82. The predicted octanol–water partition coefficient (Wildman–Crippen LogP) is 4.74. The highest BCUT2D eigenvalue weighted by Gasteiger charge is 2.28. The number of rotatable bonds is 0. The van der Waals surface area contributed by atoms with Gasteiger partial charge in [-0.15, -0.1) is 0 Å². The summed E-state index contributed by atoms with van der Waals surface area (Å²) in [7, 11) is 0. The smallest absolute Gasteiger partial charge is 0.110 e. The first-order valence-corrected chi connectivity index (χ1v) is 8.15. The molecule has 0 spiro atoms. The van der Waals surface area contributed by atoms with Crippen LogP contribution in [-0.4, -0.2) is 10.2 Å². The Bertz CT molecular complexity index is 998. The maximum atomic E-state index is 10.9. The van der Waals surface area contributed by atoms with Crippen molar-refractivity contribution in [2.24, 2.45) is 0 Å². The quantitative estimate of drug-likeness (QED) is 0.492. The average Bonchev–Trinajstić information content (AvgIpc) is 2.64. The molecule has 2 unspecified atom stereocenters. The molecule has 1 aliphatic rings. The van der Waals surface area contributed by atoms with Gasteiger partial charge in [-0.1, -0.05) is 72.8 Å². The van der Waals surface area contributed by atoms with Crippen LogP contribution in [0.15, 0.2) is 72.8 Å². The summed E-state index contributed by atoms with van der Waals surface area (Å²) in [6.07, 6.45) is -1.90. The molecular formula is C22H16O2. The molecule has 0 heterocycles. The monoisotopic (exact) mass is 312 g/mol. The number of hydrogen-bond donors (Lipinski definition) is 2. The fraction of sp³-hybridized carbons (Fsp3) is 0.0909. The van der Waals surface area contributed by atoms with Gasteiger partial charge in [0.2, 0.25) is 0 Å². The molecule has 0 aliphatic heterocycles. The molecule has 1 aliphatic carbocycles. The Morgan fingerprint density at radius 2 is 0.875 bits per heavy atom. The lowest BCUT2D eigenvalue weighted by molar-refractivity contribution is 0.0190. The van der Waals surface area contributed by atoms with Gasteiger partial charge in [-0.3, -0.25) is 0 Å². The van der Waals surface area contributed by atoms with E-state index in [2.05, 4.69) is 36.4 Å². The third kappa shape index (κ3) is 1.72. The van der Waals surface area contributed by atoms with Crippen LogP contribution in [0.3, 0.4) is 0 Å². The number of aliphatic hydroxyl groups excluding tert-OH is 2. The number of fused-ring (bicyclic) bond motifs is 1. The van der Waals surface area contributed by atoms with Crippen molar-refractivity contribution in [1.82, 2.24) is 0 Å². The van der Waals surface area contributed by atoms with Gasteiger partial charge in [-0.05, 0) is 43.8 Å². The Balaban J connectivity index is 2.07. The second-order valence-corrected chi connectivity index (χ2v) is 6.39. The zero-order valence-electron chi connectivity index (χ0n) is 13.0. The van der Waals surface area contributed by atoms with Crippen LogP contribution in [0.5, 0.6) is 0 Å². The van der Waals surface area contributed by atoms with Crippen LogP contribution >= 0.6 is 0 Å². The van der Waals surface area contributed by atoms with E-state index in [1.54, 1.807) is 0 Å². The lowest BCUT2D eigenvalue weighted by Crippen LogP contribution is -2.13. The zero-order valence-corrected chi connectivity index (χ0v) is 13.0. The van der Waals surface area contributed by atoms with Gasteiger partial charge in [0.05, 0.1) is 0 Å². The first-order chi connectivity index (χ1) is 11.8. The van der Waals surface area contributed by atoms with Gasteiger partial charge in [0.25, 0.3) is 0 Å². The SMILES string of the molecule is OC1c2cccc3cccc(c23)-c2cccc3cccc(c23)C1O. The molecule has 2 atom stereocenters.